The number of hydrogen-bond donors (Lipinski definition) is 2. The van der Waals surface area contributed by atoms with E-state index in [-0.39, 0.29) is 17.7 Å². The van der Waals surface area contributed by atoms with Gasteiger partial charge < -0.3 is 15.0 Å². The summed E-state index contributed by atoms with van der Waals surface area (Å²) in [6.45, 7) is 5.43. The smallest absolute Gasteiger partial charge is 0.346 e. The van der Waals surface area contributed by atoms with Crippen LogP contribution in [-0.4, -0.2) is 35.1 Å². The van der Waals surface area contributed by atoms with Gasteiger partial charge in [0.05, 0.1) is 11.8 Å². The van der Waals surface area contributed by atoms with Crippen LogP contribution in [0.25, 0.3) is 11.3 Å². The lowest BCUT2D eigenvalue weighted by atomic mass is 10.0. The fraction of sp³-hybridized carbons (Fsp3) is 0.421. The Morgan fingerprint density at radius 2 is 2.12 bits per heavy atom. The van der Waals surface area contributed by atoms with Gasteiger partial charge in [0.25, 0.3) is 5.91 Å². The zero-order valence-corrected chi connectivity index (χ0v) is 14.5. The molecule has 1 aromatic heterocycles. The zero-order valence-electron chi connectivity index (χ0n) is 14.5. The predicted molar refractivity (Wildman–Crippen MR) is 95.7 cm³/mol. The van der Waals surface area contributed by atoms with Crippen LogP contribution in [0.4, 0.5) is 0 Å². The van der Waals surface area contributed by atoms with Crippen LogP contribution in [0.5, 0.6) is 0 Å². The number of rotatable bonds is 5. The van der Waals surface area contributed by atoms with E-state index < -0.39 is 5.69 Å². The molecule has 132 valence electrons. The number of ether oxygens (including phenoxy) is 1. The number of carbonyl (C=O) groups excluding carboxylic acids is 1. The second kappa shape index (κ2) is 7.61. The van der Waals surface area contributed by atoms with E-state index in [0.717, 1.165) is 25.0 Å². The molecular formula is C19H23N3O3. The fourth-order valence-corrected chi connectivity index (χ4v) is 2.87. The van der Waals surface area contributed by atoms with E-state index >= 15 is 0 Å². The van der Waals surface area contributed by atoms with E-state index in [2.05, 4.69) is 29.1 Å². The summed E-state index contributed by atoms with van der Waals surface area (Å²) in [5, 5.41) is 2.81. The summed E-state index contributed by atoms with van der Waals surface area (Å²) >= 11 is 0. The van der Waals surface area contributed by atoms with E-state index in [1.54, 1.807) is 6.07 Å². The first-order valence-corrected chi connectivity index (χ1v) is 8.64. The van der Waals surface area contributed by atoms with Crippen LogP contribution in [0, 0.1) is 0 Å². The van der Waals surface area contributed by atoms with Gasteiger partial charge in [0, 0.05) is 18.7 Å². The average Bonchev–Trinajstić information content (AvgIpc) is 3.12. The Kier molecular flexibility index (Phi) is 5.28. The molecule has 1 atom stereocenters. The SMILES string of the molecule is CC(C)c1ccc(-c2cc(C(=O)NCC3CCCO3)[nH]c(=O)n2)cc1. The monoisotopic (exact) mass is 341 g/mol. The Morgan fingerprint density at radius 1 is 1.36 bits per heavy atom. The molecule has 0 aliphatic carbocycles. The number of carbonyl (C=O) groups is 1. The van der Waals surface area contributed by atoms with Gasteiger partial charge in [0.1, 0.15) is 5.69 Å². The van der Waals surface area contributed by atoms with Crippen molar-refractivity contribution in [1.29, 1.82) is 0 Å². The third-order valence-electron chi connectivity index (χ3n) is 4.38. The molecule has 6 nitrogen and oxygen atoms in total. The van der Waals surface area contributed by atoms with Crippen LogP contribution in [0.15, 0.2) is 35.1 Å². The van der Waals surface area contributed by atoms with Crippen molar-refractivity contribution in [2.45, 2.75) is 38.7 Å². The van der Waals surface area contributed by atoms with Crippen molar-refractivity contribution in [2.75, 3.05) is 13.2 Å². The number of aromatic amines is 1. The summed E-state index contributed by atoms with van der Waals surface area (Å²) in [5.74, 6) is 0.107. The summed E-state index contributed by atoms with van der Waals surface area (Å²) in [4.78, 5) is 30.7. The third kappa shape index (κ3) is 4.33. The molecular weight excluding hydrogens is 318 g/mol. The minimum absolute atomic E-state index is 0.0561. The Morgan fingerprint density at radius 3 is 2.76 bits per heavy atom. The highest BCUT2D eigenvalue weighted by Gasteiger charge is 2.17. The lowest BCUT2D eigenvalue weighted by molar-refractivity contribution is 0.0853. The zero-order chi connectivity index (χ0) is 17.8. The van der Waals surface area contributed by atoms with Crippen molar-refractivity contribution in [3.05, 3.63) is 52.1 Å². The molecule has 1 amide bonds. The highest BCUT2D eigenvalue weighted by molar-refractivity contribution is 5.93. The number of amides is 1. The molecule has 0 radical (unpaired) electrons. The standard InChI is InChI=1S/C19H23N3O3/c1-12(2)13-5-7-14(8-6-13)16-10-17(22-19(24)21-16)18(23)20-11-15-4-3-9-25-15/h5-8,10,12,15H,3-4,9,11H2,1-2H3,(H,20,23)(H,21,22,24). The second-order valence-electron chi connectivity index (χ2n) is 6.61. The average molecular weight is 341 g/mol. The van der Waals surface area contributed by atoms with E-state index in [1.807, 2.05) is 24.3 Å². The molecule has 2 heterocycles. The Balaban J connectivity index is 1.77. The second-order valence-corrected chi connectivity index (χ2v) is 6.61. The van der Waals surface area contributed by atoms with Crippen LogP contribution >= 0.6 is 0 Å². The minimum Gasteiger partial charge on any atom is -0.376 e. The van der Waals surface area contributed by atoms with Crippen molar-refractivity contribution in [3.8, 4) is 11.3 Å². The number of nitrogens with zero attached hydrogens (tertiary/aromatic N) is 1. The molecule has 1 unspecified atom stereocenters. The van der Waals surface area contributed by atoms with Gasteiger partial charge in [0.15, 0.2) is 0 Å². The summed E-state index contributed by atoms with van der Waals surface area (Å²) in [6.07, 6.45) is 2.02. The number of hydrogen-bond acceptors (Lipinski definition) is 4. The molecule has 25 heavy (non-hydrogen) atoms. The van der Waals surface area contributed by atoms with Crippen molar-refractivity contribution < 1.29 is 9.53 Å². The first-order chi connectivity index (χ1) is 12.0. The molecule has 1 saturated heterocycles. The van der Waals surface area contributed by atoms with Gasteiger partial charge in [0.2, 0.25) is 0 Å². The lowest BCUT2D eigenvalue weighted by Crippen LogP contribution is -2.33. The molecule has 1 fully saturated rings. The van der Waals surface area contributed by atoms with Gasteiger partial charge in [-0.2, -0.15) is 4.98 Å². The van der Waals surface area contributed by atoms with Crippen LogP contribution < -0.4 is 11.0 Å². The maximum Gasteiger partial charge on any atom is 0.346 e. The molecule has 0 bridgehead atoms. The highest BCUT2D eigenvalue weighted by Crippen LogP contribution is 2.21. The van der Waals surface area contributed by atoms with E-state index in [4.69, 9.17) is 4.74 Å². The molecule has 2 aromatic rings. The Bertz CT molecular complexity index is 790. The van der Waals surface area contributed by atoms with Gasteiger partial charge in [-0.15, -0.1) is 0 Å². The van der Waals surface area contributed by atoms with E-state index in [9.17, 15) is 9.59 Å². The van der Waals surface area contributed by atoms with Gasteiger partial charge in [-0.3, -0.25) is 4.79 Å². The topological polar surface area (TPSA) is 84.1 Å². The van der Waals surface area contributed by atoms with Crippen molar-refractivity contribution in [3.63, 3.8) is 0 Å². The van der Waals surface area contributed by atoms with Gasteiger partial charge in [-0.1, -0.05) is 38.1 Å². The molecule has 1 aromatic carbocycles. The van der Waals surface area contributed by atoms with Crippen molar-refractivity contribution >= 4 is 5.91 Å². The summed E-state index contributed by atoms with van der Waals surface area (Å²) in [6, 6.07) is 9.48. The normalized spacial score (nSPS) is 17.0. The molecule has 1 aliphatic rings. The van der Waals surface area contributed by atoms with Crippen molar-refractivity contribution in [1.82, 2.24) is 15.3 Å². The third-order valence-corrected chi connectivity index (χ3v) is 4.38. The van der Waals surface area contributed by atoms with Gasteiger partial charge >= 0.3 is 5.69 Å². The molecule has 1 aliphatic heterocycles. The number of nitrogens with one attached hydrogen (secondary N) is 2. The molecule has 0 spiro atoms. The number of aromatic nitrogens is 2. The first-order valence-electron chi connectivity index (χ1n) is 8.64. The van der Waals surface area contributed by atoms with E-state index in [0.29, 0.717) is 18.2 Å². The molecule has 0 saturated carbocycles. The van der Waals surface area contributed by atoms with Gasteiger partial charge in [-0.05, 0) is 30.4 Å². The van der Waals surface area contributed by atoms with Crippen LogP contribution in [0.2, 0.25) is 0 Å². The summed E-state index contributed by atoms with van der Waals surface area (Å²) in [5.41, 5.74) is 2.18. The van der Waals surface area contributed by atoms with Crippen LogP contribution in [-0.2, 0) is 4.74 Å². The lowest BCUT2D eigenvalue weighted by Gasteiger charge is -2.11. The molecule has 2 N–H and O–H groups in total. The first kappa shape index (κ1) is 17.4. The summed E-state index contributed by atoms with van der Waals surface area (Å²) < 4.78 is 5.49. The minimum atomic E-state index is -0.535. The molecule has 3 rings (SSSR count). The maximum absolute atomic E-state index is 12.3. The van der Waals surface area contributed by atoms with Crippen molar-refractivity contribution in [2.24, 2.45) is 0 Å². The quantitative estimate of drug-likeness (QED) is 0.875. The van der Waals surface area contributed by atoms with Gasteiger partial charge in [-0.25, -0.2) is 4.79 Å². The van der Waals surface area contributed by atoms with Crippen LogP contribution in [0.1, 0.15) is 48.7 Å². The molecule has 6 heteroatoms. The highest BCUT2D eigenvalue weighted by atomic mass is 16.5. The Labute approximate surface area is 146 Å². The Hall–Kier alpha value is -2.47. The fourth-order valence-electron chi connectivity index (χ4n) is 2.87. The van der Waals surface area contributed by atoms with E-state index in [1.165, 1.54) is 5.56 Å². The summed E-state index contributed by atoms with van der Waals surface area (Å²) in [7, 11) is 0. The predicted octanol–water partition coefficient (Wildman–Crippen LogP) is 2.47. The number of H-pyrrole nitrogens is 1. The largest absolute Gasteiger partial charge is 0.376 e. The maximum atomic E-state index is 12.3. The van der Waals surface area contributed by atoms with Crippen LogP contribution in [0.3, 0.4) is 0 Å². The number of benzene rings is 1.